The molecule has 0 aliphatic rings. The van der Waals surface area contributed by atoms with Crippen LogP contribution in [-0.2, 0) is 9.53 Å². The molecule has 0 aliphatic heterocycles. The molecule has 1 unspecified atom stereocenters. The predicted molar refractivity (Wildman–Crippen MR) is 116 cm³/mol. The van der Waals surface area contributed by atoms with Crippen LogP contribution in [0.3, 0.4) is 0 Å². The van der Waals surface area contributed by atoms with Crippen molar-refractivity contribution in [3.8, 4) is 0 Å². The maximum atomic E-state index is 12.0. The number of benzene rings is 2. The molecule has 1 atom stereocenters. The van der Waals surface area contributed by atoms with Crippen molar-refractivity contribution in [1.29, 1.82) is 0 Å². The van der Waals surface area contributed by atoms with E-state index in [0.717, 1.165) is 33.0 Å². The second-order valence-electron chi connectivity index (χ2n) is 8.22. The number of hydrogen-bond donors (Lipinski definition) is 0. The van der Waals surface area contributed by atoms with Crippen LogP contribution in [0.1, 0.15) is 44.4 Å². The van der Waals surface area contributed by atoms with Crippen molar-refractivity contribution in [1.82, 2.24) is 4.98 Å². The molecule has 0 spiro atoms. The molecular formula is C25H27NO2. The van der Waals surface area contributed by atoms with Gasteiger partial charge in [-0.1, -0.05) is 63.2 Å². The molecular weight excluding hydrogens is 346 g/mol. The Labute approximate surface area is 167 Å². The van der Waals surface area contributed by atoms with Gasteiger partial charge in [-0.15, -0.1) is 0 Å². The number of hydrogen-bond acceptors (Lipinski definition) is 3. The summed E-state index contributed by atoms with van der Waals surface area (Å²) in [5, 5.41) is 2.31. The highest BCUT2D eigenvalue weighted by molar-refractivity contribution is 6.00. The Morgan fingerprint density at radius 3 is 2.46 bits per heavy atom. The third-order valence-corrected chi connectivity index (χ3v) is 4.79. The monoisotopic (exact) mass is 373 g/mol. The van der Waals surface area contributed by atoms with Crippen molar-refractivity contribution in [3.63, 3.8) is 0 Å². The second-order valence-corrected chi connectivity index (χ2v) is 8.22. The van der Waals surface area contributed by atoms with Crippen molar-refractivity contribution >= 4 is 28.4 Å². The van der Waals surface area contributed by atoms with Crippen LogP contribution < -0.4 is 0 Å². The molecule has 28 heavy (non-hydrogen) atoms. The average molecular weight is 373 g/mol. The third-order valence-electron chi connectivity index (χ3n) is 4.79. The molecule has 3 nitrogen and oxygen atoms in total. The Balaban J connectivity index is 2.33. The number of rotatable bonds is 4. The molecule has 0 saturated heterocycles. The van der Waals surface area contributed by atoms with E-state index in [4.69, 9.17) is 4.74 Å². The summed E-state index contributed by atoms with van der Waals surface area (Å²) in [4.78, 5) is 16.2. The van der Waals surface area contributed by atoms with Gasteiger partial charge in [0.25, 0.3) is 0 Å². The van der Waals surface area contributed by atoms with Crippen LogP contribution in [0.15, 0.2) is 60.9 Å². The van der Waals surface area contributed by atoms with E-state index in [1.54, 1.807) is 6.20 Å². The maximum absolute atomic E-state index is 12.0. The molecule has 3 aromatic rings. The summed E-state index contributed by atoms with van der Waals surface area (Å²) < 4.78 is 5.88. The standard InChI is InChI=1S/C25H27NO2/c1-17-12-13-20-10-6-7-11-21(20)23(17)22(15-19-9-8-14-26-16-19)24(25(3,4)5)28-18(2)27/h6-16,24H,1-5H3. The number of ether oxygens (including phenoxy) is 1. The SMILES string of the molecule is CC(=O)OC(C(=Cc1cccnc1)c1c(C)ccc2ccccc12)C(C)(C)C. The summed E-state index contributed by atoms with van der Waals surface area (Å²) in [6.45, 7) is 9.86. The lowest BCUT2D eigenvalue weighted by Crippen LogP contribution is -2.32. The molecule has 0 aliphatic carbocycles. The minimum absolute atomic E-state index is 0.275. The lowest BCUT2D eigenvalue weighted by molar-refractivity contribution is -0.147. The Bertz CT molecular complexity index is 1010. The Morgan fingerprint density at radius 1 is 1.07 bits per heavy atom. The van der Waals surface area contributed by atoms with Crippen molar-refractivity contribution < 1.29 is 9.53 Å². The van der Waals surface area contributed by atoms with E-state index in [-0.39, 0.29) is 11.4 Å². The van der Waals surface area contributed by atoms with Gasteiger partial charge in [-0.3, -0.25) is 9.78 Å². The topological polar surface area (TPSA) is 39.2 Å². The summed E-state index contributed by atoms with van der Waals surface area (Å²) in [5.74, 6) is -0.282. The number of fused-ring (bicyclic) bond motifs is 1. The van der Waals surface area contributed by atoms with E-state index in [1.165, 1.54) is 6.92 Å². The molecule has 1 heterocycles. The maximum Gasteiger partial charge on any atom is 0.303 e. The van der Waals surface area contributed by atoms with Gasteiger partial charge in [0.2, 0.25) is 0 Å². The van der Waals surface area contributed by atoms with Gasteiger partial charge >= 0.3 is 5.97 Å². The number of esters is 1. The molecule has 0 fully saturated rings. The van der Waals surface area contributed by atoms with Gasteiger partial charge in [0, 0.05) is 30.3 Å². The second kappa shape index (κ2) is 7.97. The van der Waals surface area contributed by atoms with Gasteiger partial charge in [-0.25, -0.2) is 0 Å². The van der Waals surface area contributed by atoms with Gasteiger partial charge in [0.15, 0.2) is 0 Å². The lowest BCUT2D eigenvalue weighted by Gasteiger charge is -2.33. The first kappa shape index (κ1) is 19.8. The summed E-state index contributed by atoms with van der Waals surface area (Å²) in [6, 6.07) is 16.5. The summed E-state index contributed by atoms with van der Waals surface area (Å²) in [7, 11) is 0. The predicted octanol–water partition coefficient (Wildman–Crippen LogP) is 6.06. The normalized spacial score (nSPS) is 13.4. The number of aromatic nitrogens is 1. The molecule has 3 rings (SSSR count). The Kier molecular flexibility index (Phi) is 5.64. The lowest BCUT2D eigenvalue weighted by atomic mass is 9.79. The first-order chi connectivity index (χ1) is 13.3. The van der Waals surface area contributed by atoms with E-state index < -0.39 is 6.10 Å². The first-order valence-electron chi connectivity index (χ1n) is 9.55. The van der Waals surface area contributed by atoms with Gasteiger partial charge in [0.1, 0.15) is 6.10 Å². The van der Waals surface area contributed by atoms with Crippen LogP contribution >= 0.6 is 0 Å². The molecule has 0 amide bonds. The van der Waals surface area contributed by atoms with Gasteiger partial charge in [0.05, 0.1) is 0 Å². The number of carbonyl (C=O) groups is 1. The number of aryl methyl sites for hydroxylation is 1. The van der Waals surface area contributed by atoms with Crippen molar-refractivity contribution in [2.45, 2.75) is 40.7 Å². The molecule has 3 heteroatoms. The number of carbonyl (C=O) groups excluding carboxylic acids is 1. The summed E-state index contributed by atoms with van der Waals surface area (Å²) in [6.07, 6.45) is 5.29. The minimum atomic E-state index is -0.394. The highest BCUT2D eigenvalue weighted by Crippen LogP contribution is 2.39. The average Bonchev–Trinajstić information content (AvgIpc) is 2.65. The number of nitrogens with zero attached hydrogens (tertiary/aromatic N) is 1. The smallest absolute Gasteiger partial charge is 0.303 e. The fourth-order valence-corrected chi connectivity index (χ4v) is 3.56. The number of pyridine rings is 1. The van der Waals surface area contributed by atoms with Crippen LogP contribution in [0, 0.1) is 12.3 Å². The quantitative estimate of drug-likeness (QED) is 0.522. The van der Waals surface area contributed by atoms with E-state index in [9.17, 15) is 4.79 Å². The van der Waals surface area contributed by atoms with Crippen LogP contribution in [0.2, 0.25) is 0 Å². The van der Waals surface area contributed by atoms with Crippen LogP contribution in [0.25, 0.3) is 22.4 Å². The zero-order valence-corrected chi connectivity index (χ0v) is 17.2. The Hall–Kier alpha value is -2.94. The molecule has 144 valence electrons. The zero-order chi connectivity index (χ0) is 20.3. The summed E-state index contributed by atoms with van der Waals surface area (Å²) >= 11 is 0. The van der Waals surface area contributed by atoms with Crippen LogP contribution in [0.4, 0.5) is 0 Å². The highest BCUT2D eigenvalue weighted by atomic mass is 16.5. The van der Waals surface area contributed by atoms with E-state index >= 15 is 0 Å². The van der Waals surface area contributed by atoms with Crippen LogP contribution in [-0.4, -0.2) is 17.1 Å². The fourth-order valence-electron chi connectivity index (χ4n) is 3.56. The summed E-state index contributed by atoms with van der Waals surface area (Å²) in [5.41, 5.74) is 3.96. The van der Waals surface area contributed by atoms with Gasteiger partial charge < -0.3 is 4.74 Å². The molecule has 0 saturated carbocycles. The molecule has 0 bridgehead atoms. The van der Waals surface area contributed by atoms with E-state index in [2.05, 4.69) is 63.0 Å². The third kappa shape index (κ3) is 4.30. The molecule has 2 aromatic carbocycles. The van der Waals surface area contributed by atoms with Crippen molar-refractivity contribution in [2.24, 2.45) is 5.41 Å². The van der Waals surface area contributed by atoms with Crippen molar-refractivity contribution in [3.05, 3.63) is 77.6 Å². The first-order valence-corrected chi connectivity index (χ1v) is 9.55. The van der Waals surface area contributed by atoms with E-state index in [0.29, 0.717) is 0 Å². The molecule has 0 N–H and O–H groups in total. The largest absolute Gasteiger partial charge is 0.457 e. The highest BCUT2D eigenvalue weighted by Gasteiger charge is 2.33. The zero-order valence-electron chi connectivity index (χ0n) is 17.2. The minimum Gasteiger partial charge on any atom is -0.457 e. The van der Waals surface area contributed by atoms with Crippen LogP contribution in [0.5, 0.6) is 0 Å². The molecule has 1 aromatic heterocycles. The van der Waals surface area contributed by atoms with Gasteiger partial charge in [-0.2, -0.15) is 0 Å². The van der Waals surface area contributed by atoms with Crippen molar-refractivity contribution in [2.75, 3.05) is 0 Å². The van der Waals surface area contributed by atoms with E-state index in [1.807, 2.05) is 30.5 Å². The fraction of sp³-hybridized carbons (Fsp3) is 0.280. The van der Waals surface area contributed by atoms with Gasteiger partial charge in [-0.05, 0) is 46.5 Å². The molecule has 0 radical (unpaired) electrons. The Morgan fingerprint density at radius 2 is 1.82 bits per heavy atom.